The first-order chi connectivity index (χ1) is 8.66. The summed E-state index contributed by atoms with van der Waals surface area (Å²) in [6.07, 6.45) is 6.55. The fraction of sp³-hybridized carbons (Fsp3) is 0.357. The molecule has 0 bridgehead atoms. The molecule has 0 atom stereocenters. The topological polar surface area (TPSA) is 29.1 Å². The van der Waals surface area contributed by atoms with Gasteiger partial charge in [0.25, 0.3) is 5.91 Å². The molecule has 2 nitrogen and oxygen atoms in total. The molecular weight excluding hydrogens is 249 g/mol. The maximum absolute atomic E-state index is 13.4. The molecule has 0 aliphatic heterocycles. The molecule has 1 N–H and O–H groups in total. The summed E-state index contributed by atoms with van der Waals surface area (Å²) in [4.78, 5) is 12.4. The Morgan fingerprint density at radius 2 is 2.28 bits per heavy atom. The Morgan fingerprint density at radius 1 is 1.44 bits per heavy atom. The Balaban J connectivity index is 1.89. The standard InChI is InChI=1S/C14H16FNOS/c15-13-6-5-11(18)9-12(13)14(17)16-8-7-10-3-1-2-4-10/h3,5-6,9,18H,1-2,4,7-8H2,(H,16,17). The van der Waals surface area contributed by atoms with Crippen LogP contribution in [0.5, 0.6) is 0 Å². The average molecular weight is 265 g/mol. The van der Waals surface area contributed by atoms with E-state index in [0.29, 0.717) is 11.4 Å². The zero-order chi connectivity index (χ0) is 13.0. The van der Waals surface area contributed by atoms with Crippen LogP contribution in [0, 0.1) is 5.82 Å². The Bertz CT molecular complexity index is 485. The van der Waals surface area contributed by atoms with Gasteiger partial charge in [-0.3, -0.25) is 4.79 Å². The first kappa shape index (κ1) is 13.1. The number of carbonyl (C=O) groups is 1. The van der Waals surface area contributed by atoms with Crippen molar-refractivity contribution in [1.82, 2.24) is 5.32 Å². The van der Waals surface area contributed by atoms with E-state index >= 15 is 0 Å². The summed E-state index contributed by atoms with van der Waals surface area (Å²) in [6.45, 7) is 0.556. The quantitative estimate of drug-likeness (QED) is 0.634. The summed E-state index contributed by atoms with van der Waals surface area (Å²) < 4.78 is 13.4. The zero-order valence-electron chi connectivity index (χ0n) is 10.1. The molecule has 0 unspecified atom stereocenters. The lowest BCUT2D eigenvalue weighted by atomic mass is 10.1. The molecule has 0 fully saturated rings. The number of carbonyl (C=O) groups excluding carboxylic acids is 1. The van der Waals surface area contributed by atoms with Crippen LogP contribution in [-0.4, -0.2) is 12.5 Å². The number of halogens is 1. The van der Waals surface area contributed by atoms with Crippen molar-refractivity contribution in [2.75, 3.05) is 6.54 Å². The van der Waals surface area contributed by atoms with E-state index in [0.717, 1.165) is 19.3 Å². The largest absolute Gasteiger partial charge is 0.352 e. The van der Waals surface area contributed by atoms with E-state index in [1.807, 2.05) is 0 Å². The van der Waals surface area contributed by atoms with Gasteiger partial charge < -0.3 is 5.32 Å². The van der Waals surface area contributed by atoms with E-state index < -0.39 is 5.82 Å². The van der Waals surface area contributed by atoms with Crippen LogP contribution in [0.2, 0.25) is 0 Å². The molecule has 96 valence electrons. The van der Waals surface area contributed by atoms with Crippen molar-refractivity contribution in [3.63, 3.8) is 0 Å². The second kappa shape index (κ2) is 6.05. The second-order valence-electron chi connectivity index (χ2n) is 4.42. The summed E-state index contributed by atoms with van der Waals surface area (Å²) in [5.41, 5.74) is 1.45. The summed E-state index contributed by atoms with van der Waals surface area (Å²) >= 11 is 4.10. The van der Waals surface area contributed by atoms with E-state index in [2.05, 4.69) is 24.0 Å². The van der Waals surface area contributed by atoms with Gasteiger partial charge in [-0.15, -0.1) is 12.6 Å². The highest BCUT2D eigenvalue weighted by Gasteiger charge is 2.12. The zero-order valence-corrected chi connectivity index (χ0v) is 11.0. The highest BCUT2D eigenvalue weighted by Crippen LogP contribution is 2.20. The summed E-state index contributed by atoms with van der Waals surface area (Å²) in [5.74, 6) is -0.882. The Kier molecular flexibility index (Phi) is 4.42. The van der Waals surface area contributed by atoms with Gasteiger partial charge in [0.1, 0.15) is 5.82 Å². The lowest BCUT2D eigenvalue weighted by Gasteiger charge is -2.07. The van der Waals surface area contributed by atoms with Crippen LogP contribution in [-0.2, 0) is 0 Å². The number of thiol groups is 1. The number of amides is 1. The smallest absolute Gasteiger partial charge is 0.254 e. The highest BCUT2D eigenvalue weighted by atomic mass is 32.1. The van der Waals surface area contributed by atoms with E-state index in [1.165, 1.54) is 30.2 Å². The van der Waals surface area contributed by atoms with Gasteiger partial charge in [-0.2, -0.15) is 0 Å². The number of benzene rings is 1. The predicted octanol–water partition coefficient (Wildman–Crippen LogP) is 3.34. The number of hydrogen-bond donors (Lipinski definition) is 2. The summed E-state index contributed by atoms with van der Waals surface area (Å²) in [6, 6.07) is 4.23. The monoisotopic (exact) mass is 265 g/mol. The molecule has 0 saturated heterocycles. The van der Waals surface area contributed by atoms with Gasteiger partial charge >= 0.3 is 0 Å². The van der Waals surface area contributed by atoms with Gasteiger partial charge in [0.05, 0.1) is 5.56 Å². The normalized spacial score (nSPS) is 14.4. The fourth-order valence-corrected chi connectivity index (χ4v) is 2.29. The highest BCUT2D eigenvalue weighted by molar-refractivity contribution is 7.80. The van der Waals surface area contributed by atoms with Crippen LogP contribution in [0.3, 0.4) is 0 Å². The van der Waals surface area contributed by atoms with Gasteiger partial charge in [0, 0.05) is 11.4 Å². The summed E-state index contributed by atoms with van der Waals surface area (Å²) in [5, 5.41) is 2.74. The first-order valence-electron chi connectivity index (χ1n) is 6.11. The molecule has 0 radical (unpaired) electrons. The molecule has 1 aromatic rings. The summed E-state index contributed by atoms with van der Waals surface area (Å²) in [7, 11) is 0. The van der Waals surface area contributed by atoms with Crippen molar-refractivity contribution < 1.29 is 9.18 Å². The molecular formula is C14H16FNOS. The van der Waals surface area contributed by atoms with Crippen molar-refractivity contribution in [2.24, 2.45) is 0 Å². The second-order valence-corrected chi connectivity index (χ2v) is 4.94. The van der Waals surface area contributed by atoms with Crippen LogP contribution in [0.25, 0.3) is 0 Å². The average Bonchev–Trinajstić information content (AvgIpc) is 2.85. The molecule has 18 heavy (non-hydrogen) atoms. The molecule has 0 heterocycles. The minimum Gasteiger partial charge on any atom is -0.352 e. The maximum atomic E-state index is 13.4. The third-order valence-corrected chi connectivity index (χ3v) is 3.34. The Labute approximate surface area is 112 Å². The van der Waals surface area contributed by atoms with E-state index in [9.17, 15) is 9.18 Å². The lowest BCUT2D eigenvalue weighted by molar-refractivity contribution is 0.0950. The predicted molar refractivity (Wildman–Crippen MR) is 72.5 cm³/mol. The minimum atomic E-state index is -0.509. The van der Waals surface area contributed by atoms with Crippen molar-refractivity contribution in [3.05, 3.63) is 41.2 Å². The van der Waals surface area contributed by atoms with Gasteiger partial charge in [-0.25, -0.2) is 4.39 Å². The van der Waals surface area contributed by atoms with Crippen LogP contribution in [0.15, 0.2) is 34.7 Å². The number of nitrogens with one attached hydrogen (secondary N) is 1. The van der Waals surface area contributed by atoms with Crippen molar-refractivity contribution in [1.29, 1.82) is 0 Å². The van der Waals surface area contributed by atoms with Crippen molar-refractivity contribution in [3.8, 4) is 0 Å². The molecule has 1 aliphatic rings. The number of hydrogen-bond acceptors (Lipinski definition) is 2. The molecule has 0 saturated carbocycles. The molecule has 0 spiro atoms. The van der Waals surface area contributed by atoms with E-state index in [-0.39, 0.29) is 11.5 Å². The number of rotatable bonds is 4. The van der Waals surface area contributed by atoms with Gasteiger partial charge in [0.15, 0.2) is 0 Å². The maximum Gasteiger partial charge on any atom is 0.254 e. The van der Waals surface area contributed by atoms with Crippen LogP contribution < -0.4 is 5.32 Å². The van der Waals surface area contributed by atoms with Crippen LogP contribution in [0.1, 0.15) is 36.0 Å². The van der Waals surface area contributed by atoms with E-state index in [4.69, 9.17) is 0 Å². The van der Waals surface area contributed by atoms with Crippen LogP contribution in [0.4, 0.5) is 4.39 Å². The van der Waals surface area contributed by atoms with Gasteiger partial charge in [0.2, 0.25) is 0 Å². The molecule has 2 rings (SSSR count). The SMILES string of the molecule is O=C(NCCC1=CCCC1)c1cc(S)ccc1F. The molecule has 1 aliphatic carbocycles. The third kappa shape index (κ3) is 3.35. The van der Waals surface area contributed by atoms with Crippen LogP contribution >= 0.6 is 12.6 Å². The number of allylic oxidation sites excluding steroid dienone is 1. The Hall–Kier alpha value is -1.29. The fourth-order valence-electron chi connectivity index (χ4n) is 2.08. The molecule has 4 heteroatoms. The molecule has 1 amide bonds. The molecule has 1 aromatic carbocycles. The third-order valence-electron chi connectivity index (χ3n) is 3.06. The first-order valence-corrected chi connectivity index (χ1v) is 6.56. The van der Waals surface area contributed by atoms with Gasteiger partial charge in [-0.05, 0) is 43.9 Å². The minimum absolute atomic E-state index is 0.0582. The van der Waals surface area contributed by atoms with E-state index in [1.54, 1.807) is 0 Å². The Morgan fingerprint density at radius 3 is 3.00 bits per heavy atom. The van der Waals surface area contributed by atoms with Crippen molar-refractivity contribution >= 4 is 18.5 Å². The van der Waals surface area contributed by atoms with Gasteiger partial charge in [-0.1, -0.05) is 11.6 Å². The molecule has 0 aromatic heterocycles. The lowest BCUT2D eigenvalue weighted by Crippen LogP contribution is -2.25. The van der Waals surface area contributed by atoms with Crippen molar-refractivity contribution in [2.45, 2.75) is 30.6 Å².